The lowest BCUT2D eigenvalue weighted by atomic mass is 10.8. The molecule has 0 aromatic heterocycles. The average molecular weight is 193 g/mol. The highest BCUT2D eigenvalue weighted by atomic mass is 19.4. The quantitative estimate of drug-likeness (QED) is 0.382. The van der Waals surface area contributed by atoms with E-state index in [1.807, 2.05) is 0 Å². The summed E-state index contributed by atoms with van der Waals surface area (Å²) in [6.45, 7) is -2.90. The lowest BCUT2D eigenvalue weighted by molar-refractivity contribution is -0.286. The van der Waals surface area contributed by atoms with Crippen LogP contribution in [0.5, 0.6) is 0 Å². The van der Waals surface area contributed by atoms with Gasteiger partial charge in [0.2, 0.25) is 0 Å². The molecule has 0 saturated carbocycles. The highest BCUT2D eigenvalue weighted by Gasteiger charge is 2.37. The highest BCUT2D eigenvalue weighted by Crippen LogP contribution is 2.16. The second-order valence-electron chi connectivity index (χ2n) is 1.69. The lowest BCUT2D eigenvalue weighted by Gasteiger charge is -2.23. The zero-order valence-corrected chi connectivity index (χ0v) is 5.96. The van der Waals surface area contributed by atoms with Crippen molar-refractivity contribution in [3.05, 3.63) is 0 Å². The number of nitrogens with one attached hydrogen (secondary N) is 2. The van der Waals surface area contributed by atoms with Crippen molar-refractivity contribution in [3.8, 4) is 0 Å². The predicted molar refractivity (Wildman–Crippen MR) is 31.0 cm³/mol. The number of halogens is 5. The molecule has 3 nitrogen and oxygen atoms in total. The fourth-order valence-electron chi connectivity index (χ4n) is 0.449. The number of hydrogen-bond donors (Lipinski definition) is 2. The van der Waals surface area contributed by atoms with Crippen molar-refractivity contribution in [2.45, 2.75) is 6.30 Å². The first-order valence-electron chi connectivity index (χ1n) is 2.98. The Labute approximate surface area is 65.5 Å². The van der Waals surface area contributed by atoms with Gasteiger partial charge in [-0.05, 0) is 0 Å². The maximum absolute atomic E-state index is 11.7. The van der Waals surface area contributed by atoms with E-state index in [2.05, 4.69) is 0 Å². The molecule has 0 aliphatic rings. The molecule has 0 bridgehead atoms. The zero-order valence-electron chi connectivity index (χ0n) is 5.96. The summed E-state index contributed by atoms with van der Waals surface area (Å²) in [5, 5.41) is -0.535. The molecule has 0 aliphatic heterocycles. The van der Waals surface area contributed by atoms with Gasteiger partial charge >= 0.3 is 6.30 Å². The fraction of sp³-hybridized carbons (Fsp3) is 1.00. The third-order valence-corrected chi connectivity index (χ3v) is 0.836. The number of nitrogens with zero attached hydrogens (tertiary/aromatic N) is 1. The Kier molecular flexibility index (Phi) is 5.02. The van der Waals surface area contributed by atoms with Crippen molar-refractivity contribution in [1.29, 1.82) is 0 Å². The third kappa shape index (κ3) is 4.42. The topological polar surface area (TPSA) is 27.3 Å². The minimum Gasteiger partial charge on any atom is -0.250 e. The van der Waals surface area contributed by atoms with Gasteiger partial charge in [0.05, 0.1) is 0 Å². The molecule has 0 unspecified atom stereocenters. The summed E-state index contributed by atoms with van der Waals surface area (Å²) in [5.74, 6) is 0. The van der Waals surface area contributed by atoms with Crippen LogP contribution in [0.4, 0.5) is 22.0 Å². The summed E-state index contributed by atoms with van der Waals surface area (Å²) in [7, 11) is 0. The lowest BCUT2D eigenvalue weighted by Crippen LogP contribution is -2.56. The molecule has 74 valence electrons. The first kappa shape index (κ1) is 11.5. The Morgan fingerprint density at radius 3 is 2.00 bits per heavy atom. The van der Waals surface area contributed by atoms with E-state index in [1.165, 1.54) is 5.43 Å². The Balaban J connectivity index is 3.86. The van der Waals surface area contributed by atoms with Crippen LogP contribution in [0.1, 0.15) is 0 Å². The molecule has 0 amide bonds. The van der Waals surface area contributed by atoms with Crippen LogP contribution in [0.25, 0.3) is 0 Å². The SMILES string of the molecule is FCCNN(NCF)C(F)(F)F. The number of hydrogen-bond acceptors (Lipinski definition) is 3. The molecule has 0 aromatic carbocycles. The van der Waals surface area contributed by atoms with Crippen LogP contribution in [0.15, 0.2) is 0 Å². The van der Waals surface area contributed by atoms with Crippen LogP contribution >= 0.6 is 0 Å². The summed E-state index contributed by atoms with van der Waals surface area (Å²) in [6.07, 6.45) is -4.78. The van der Waals surface area contributed by atoms with Crippen molar-refractivity contribution in [3.63, 3.8) is 0 Å². The Morgan fingerprint density at radius 1 is 1.08 bits per heavy atom. The minimum absolute atomic E-state index is 0.535. The van der Waals surface area contributed by atoms with Gasteiger partial charge < -0.3 is 0 Å². The van der Waals surface area contributed by atoms with Gasteiger partial charge in [0.1, 0.15) is 6.67 Å². The van der Waals surface area contributed by atoms with Crippen LogP contribution in [0.2, 0.25) is 0 Å². The van der Waals surface area contributed by atoms with Crippen LogP contribution in [0.3, 0.4) is 0 Å². The molecule has 0 fully saturated rings. The molecule has 2 N–H and O–H groups in total. The second-order valence-corrected chi connectivity index (χ2v) is 1.69. The van der Waals surface area contributed by atoms with Crippen molar-refractivity contribution < 1.29 is 22.0 Å². The fourth-order valence-corrected chi connectivity index (χ4v) is 0.449. The molecule has 0 radical (unpaired) electrons. The van der Waals surface area contributed by atoms with E-state index in [9.17, 15) is 22.0 Å². The van der Waals surface area contributed by atoms with Crippen LogP contribution < -0.4 is 10.9 Å². The van der Waals surface area contributed by atoms with E-state index in [0.717, 1.165) is 0 Å². The van der Waals surface area contributed by atoms with E-state index in [-0.39, 0.29) is 0 Å². The highest BCUT2D eigenvalue weighted by molar-refractivity contribution is 4.46. The number of hydrazine groups is 2. The molecule has 8 heteroatoms. The van der Waals surface area contributed by atoms with E-state index in [0.29, 0.717) is 0 Å². The van der Waals surface area contributed by atoms with Gasteiger partial charge in [0, 0.05) is 6.54 Å². The summed E-state index contributed by atoms with van der Waals surface area (Å²) >= 11 is 0. The molecule has 0 rings (SSSR count). The van der Waals surface area contributed by atoms with Crippen molar-refractivity contribution in [1.82, 2.24) is 16.0 Å². The smallest absolute Gasteiger partial charge is 0.250 e. The predicted octanol–water partition coefficient (Wildman–Crippen LogP) is 0.714. The molecular formula is C4H8F5N3. The number of alkyl halides is 5. The first-order chi connectivity index (χ1) is 5.52. The second kappa shape index (κ2) is 5.22. The van der Waals surface area contributed by atoms with E-state index < -0.39 is 31.4 Å². The van der Waals surface area contributed by atoms with E-state index >= 15 is 0 Å². The van der Waals surface area contributed by atoms with Crippen LogP contribution in [0, 0.1) is 0 Å². The van der Waals surface area contributed by atoms with Gasteiger partial charge in [-0.15, -0.1) is 0 Å². The third-order valence-electron chi connectivity index (χ3n) is 0.836. The molecule has 0 heterocycles. The molecule has 12 heavy (non-hydrogen) atoms. The molecular weight excluding hydrogens is 185 g/mol. The Morgan fingerprint density at radius 2 is 1.67 bits per heavy atom. The zero-order chi connectivity index (χ0) is 9.61. The van der Waals surface area contributed by atoms with E-state index in [1.54, 1.807) is 5.43 Å². The van der Waals surface area contributed by atoms with Crippen molar-refractivity contribution in [2.24, 2.45) is 0 Å². The van der Waals surface area contributed by atoms with Crippen LogP contribution in [-0.2, 0) is 0 Å². The summed E-state index contributed by atoms with van der Waals surface area (Å²) in [5.41, 5.74) is 2.91. The van der Waals surface area contributed by atoms with Gasteiger partial charge in [-0.3, -0.25) is 0 Å². The van der Waals surface area contributed by atoms with Crippen molar-refractivity contribution in [2.75, 3.05) is 20.0 Å². The molecule has 0 spiro atoms. The summed E-state index contributed by atoms with van der Waals surface area (Å²) in [4.78, 5) is 0. The molecule has 0 aliphatic carbocycles. The average Bonchev–Trinajstić information content (AvgIpc) is 1.95. The summed E-state index contributed by atoms with van der Waals surface area (Å²) in [6, 6.07) is 0. The van der Waals surface area contributed by atoms with Gasteiger partial charge in [-0.2, -0.15) is 13.2 Å². The standard InChI is InChI=1S/C4H8F5N3/c5-1-2-10-12(11-3-6)4(7,8)9/h10-11H,1-3H2. The molecule has 0 saturated heterocycles. The summed E-state index contributed by atoms with van der Waals surface area (Å²) < 4.78 is 58.0. The minimum atomic E-state index is -4.78. The maximum atomic E-state index is 11.7. The largest absolute Gasteiger partial charge is 0.487 e. The monoisotopic (exact) mass is 193 g/mol. The first-order valence-corrected chi connectivity index (χ1v) is 2.98. The molecule has 0 atom stereocenters. The Bertz CT molecular complexity index is 116. The molecule has 0 aromatic rings. The maximum Gasteiger partial charge on any atom is 0.487 e. The van der Waals surface area contributed by atoms with Gasteiger partial charge in [-0.25, -0.2) is 19.6 Å². The van der Waals surface area contributed by atoms with Crippen LogP contribution in [-0.4, -0.2) is 31.4 Å². The van der Waals surface area contributed by atoms with Gasteiger partial charge in [-0.1, -0.05) is 5.12 Å². The van der Waals surface area contributed by atoms with Crippen molar-refractivity contribution >= 4 is 0 Å². The van der Waals surface area contributed by atoms with E-state index in [4.69, 9.17) is 0 Å². The number of rotatable bonds is 5. The Hall–Kier alpha value is -0.470. The van der Waals surface area contributed by atoms with Gasteiger partial charge in [0.25, 0.3) is 0 Å². The van der Waals surface area contributed by atoms with Gasteiger partial charge in [0.15, 0.2) is 6.80 Å². The normalized spacial score (nSPS) is 12.5.